The zero-order valence-electron chi connectivity index (χ0n) is 13.7. The Balaban J connectivity index is 1.62. The molecule has 0 atom stereocenters. The highest BCUT2D eigenvalue weighted by molar-refractivity contribution is 9.10. The van der Waals surface area contributed by atoms with Crippen LogP contribution < -0.4 is 5.32 Å². The second kappa shape index (κ2) is 7.81. The molecule has 0 saturated carbocycles. The van der Waals surface area contributed by atoms with Gasteiger partial charge in [0.2, 0.25) is 15.9 Å². The number of carbonyl (C=O) groups is 1. The van der Waals surface area contributed by atoms with Gasteiger partial charge in [0.05, 0.1) is 5.69 Å². The number of hydrogen-bond donors (Lipinski definition) is 1. The van der Waals surface area contributed by atoms with Gasteiger partial charge in [-0.2, -0.15) is 4.31 Å². The maximum absolute atomic E-state index is 13.8. The van der Waals surface area contributed by atoms with Crippen molar-refractivity contribution in [2.75, 3.05) is 18.4 Å². The maximum atomic E-state index is 13.8. The van der Waals surface area contributed by atoms with Crippen LogP contribution in [0.1, 0.15) is 12.8 Å². The Morgan fingerprint density at radius 2 is 2.00 bits per heavy atom. The van der Waals surface area contributed by atoms with Gasteiger partial charge in [-0.05, 0) is 43.2 Å². The summed E-state index contributed by atoms with van der Waals surface area (Å²) in [5.41, 5.74) is 0.114. The monoisotopic (exact) mass is 441 g/mol. The molecule has 0 radical (unpaired) electrons. The number of rotatable bonds is 4. The number of piperidine rings is 1. The quantitative estimate of drug-likeness (QED) is 0.790. The van der Waals surface area contributed by atoms with E-state index in [4.69, 9.17) is 0 Å². The van der Waals surface area contributed by atoms with Crippen LogP contribution in [0.25, 0.3) is 0 Å². The molecule has 0 unspecified atom stereocenters. The average molecular weight is 442 g/mol. The molecular weight excluding hydrogens is 425 g/mol. The van der Waals surface area contributed by atoms with Gasteiger partial charge in [0.1, 0.15) is 10.7 Å². The second-order valence-electron chi connectivity index (χ2n) is 5.98. The van der Waals surface area contributed by atoms with Gasteiger partial charge in [0, 0.05) is 35.9 Å². The van der Waals surface area contributed by atoms with Crippen LogP contribution in [0.4, 0.5) is 10.1 Å². The number of amides is 1. The molecule has 1 aromatic heterocycles. The Labute approximate surface area is 159 Å². The molecule has 1 N–H and O–H groups in total. The first kappa shape index (κ1) is 18.9. The van der Waals surface area contributed by atoms with Gasteiger partial charge >= 0.3 is 0 Å². The van der Waals surface area contributed by atoms with E-state index in [2.05, 4.69) is 26.2 Å². The Morgan fingerprint density at radius 1 is 1.27 bits per heavy atom. The van der Waals surface area contributed by atoms with Gasteiger partial charge in [-0.15, -0.1) is 0 Å². The minimum Gasteiger partial charge on any atom is -0.323 e. The number of nitrogens with one attached hydrogen (secondary N) is 1. The van der Waals surface area contributed by atoms with E-state index in [-0.39, 0.29) is 35.5 Å². The number of halogens is 2. The van der Waals surface area contributed by atoms with Gasteiger partial charge in [-0.1, -0.05) is 15.9 Å². The lowest BCUT2D eigenvalue weighted by Crippen LogP contribution is -2.41. The summed E-state index contributed by atoms with van der Waals surface area (Å²) in [6, 6.07) is 7.47. The first-order valence-corrected chi connectivity index (χ1v) is 10.3. The summed E-state index contributed by atoms with van der Waals surface area (Å²) >= 11 is 3.16. The third-order valence-corrected chi connectivity index (χ3v) is 6.66. The summed E-state index contributed by atoms with van der Waals surface area (Å²) < 4.78 is 40.9. The number of aromatic nitrogens is 1. The molecule has 0 aliphatic carbocycles. The van der Waals surface area contributed by atoms with E-state index in [1.807, 2.05) is 0 Å². The van der Waals surface area contributed by atoms with Crippen LogP contribution in [0.3, 0.4) is 0 Å². The zero-order valence-corrected chi connectivity index (χ0v) is 16.1. The topological polar surface area (TPSA) is 79.4 Å². The molecule has 138 valence electrons. The van der Waals surface area contributed by atoms with E-state index >= 15 is 0 Å². The Kier molecular flexibility index (Phi) is 5.69. The van der Waals surface area contributed by atoms with Gasteiger partial charge in [0.15, 0.2) is 0 Å². The molecule has 1 saturated heterocycles. The van der Waals surface area contributed by atoms with Crippen LogP contribution in [0, 0.1) is 11.7 Å². The predicted molar refractivity (Wildman–Crippen MR) is 98.4 cm³/mol. The van der Waals surface area contributed by atoms with E-state index < -0.39 is 15.8 Å². The highest BCUT2D eigenvalue weighted by Gasteiger charge is 2.32. The average Bonchev–Trinajstić information content (AvgIpc) is 2.65. The number of benzene rings is 1. The maximum Gasteiger partial charge on any atom is 0.244 e. The molecule has 1 fully saturated rings. The number of pyridine rings is 1. The van der Waals surface area contributed by atoms with Gasteiger partial charge < -0.3 is 5.32 Å². The number of sulfonamides is 1. The normalized spacial score (nSPS) is 16.4. The van der Waals surface area contributed by atoms with E-state index in [1.165, 1.54) is 34.9 Å². The first-order valence-electron chi connectivity index (χ1n) is 8.04. The number of anilines is 1. The zero-order chi connectivity index (χ0) is 18.7. The minimum atomic E-state index is -3.61. The van der Waals surface area contributed by atoms with Gasteiger partial charge in [0.25, 0.3) is 0 Å². The molecule has 6 nitrogen and oxygen atoms in total. The standard InChI is InChI=1S/C17H17BrFN3O3S/c18-13-3-4-16(15(19)10-13)21-17(23)12-5-8-22(9-6-12)26(24,25)14-2-1-7-20-11-14/h1-4,7,10-12H,5-6,8-9H2,(H,21,23). The molecule has 0 spiro atoms. The van der Waals surface area contributed by atoms with Crippen molar-refractivity contribution in [3.63, 3.8) is 0 Å². The molecule has 1 aliphatic heterocycles. The largest absolute Gasteiger partial charge is 0.323 e. The fourth-order valence-electron chi connectivity index (χ4n) is 2.83. The highest BCUT2D eigenvalue weighted by Crippen LogP contribution is 2.25. The van der Waals surface area contributed by atoms with Crippen molar-refractivity contribution >= 4 is 37.5 Å². The lowest BCUT2D eigenvalue weighted by Gasteiger charge is -2.30. The molecular formula is C17H17BrFN3O3S. The molecule has 1 aliphatic rings. The van der Waals surface area contributed by atoms with Crippen molar-refractivity contribution < 1.29 is 17.6 Å². The number of hydrogen-bond acceptors (Lipinski definition) is 4. The van der Waals surface area contributed by atoms with Crippen molar-refractivity contribution in [3.8, 4) is 0 Å². The smallest absolute Gasteiger partial charge is 0.244 e. The fourth-order valence-corrected chi connectivity index (χ4v) is 4.60. The third kappa shape index (κ3) is 4.11. The molecule has 1 aromatic carbocycles. The van der Waals surface area contributed by atoms with E-state index in [9.17, 15) is 17.6 Å². The summed E-state index contributed by atoms with van der Waals surface area (Å²) in [6.45, 7) is 0.469. The van der Waals surface area contributed by atoms with E-state index in [0.29, 0.717) is 17.3 Å². The number of nitrogens with zero attached hydrogens (tertiary/aromatic N) is 2. The first-order chi connectivity index (χ1) is 12.4. The Bertz CT molecular complexity index is 901. The van der Waals surface area contributed by atoms with Gasteiger partial charge in [-0.25, -0.2) is 12.8 Å². The van der Waals surface area contributed by atoms with Crippen LogP contribution >= 0.6 is 15.9 Å². The van der Waals surface area contributed by atoms with Crippen LogP contribution in [-0.2, 0) is 14.8 Å². The second-order valence-corrected chi connectivity index (χ2v) is 8.83. The lowest BCUT2D eigenvalue weighted by atomic mass is 9.97. The molecule has 0 bridgehead atoms. The van der Waals surface area contributed by atoms with Gasteiger partial charge in [-0.3, -0.25) is 9.78 Å². The van der Waals surface area contributed by atoms with E-state index in [0.717, 1.165) is 0 Å². The molecule has 9 heteroatoms. The summed E-state index contributed by atoms with van der Waals surface area (Å²) in [4.78, 5) is 16.3. The van der Waals surface area contributed by atoms with Crippen LogP contribution in [0.15, 0.2) is 52.1 Å². The van der Waals surface area contributed by atoms with Crippen molar-refractivity contribution in [2.45, 2.75) is 17.7 Å². The number of carbonyl (C=O) groups excluding carboxylic acids is 1. The van der Waals surface area contributed by atoms with Crippen molar-refractivity contribution in [2.24, 2.45) is 5.92 Å². The summed E-state index contributed by atoms with van der Waals surface area (Å²) in [7, 11) is -3.61. The SMILES string of the molecule is O=C(Nc1ccc(Br)cc1F)C1CCN(S(=O)(=O)c2cccnc2)CC1. The minimum absolute atomic E-state index is 0.114. The summed E-state index contributed by atoms with van der Waals surface area (Å²) in [5, 5.41) is 2.58. The molecule has 2 aromatic rings. The van der Waals surface area contributed by atoms with E-state index in [1.54, 1.807) is 12.1 Å². The predicted octanol–water partition coefficient (Wildman–Crippen LogP) is 3.02. The van der Waals surface area contributed by atoms with Crippen molar-refractivity contribution in [1.82, 2.24) is 9.29 Å². The summed E-state index contributed by atoms with van der Waals surface area (Å²) in [5.74, 6) is -1.19. The van der Waals surface area contributed by atoms with Crippen molar-refractivity contribution in [1.29, 1.82) is 0 Å². The molecule has 2 heterocycles. The fraction of sp³-hybridized carbons (Fsp3) is 0.294. The molecule has 1 amide bonds. The van der Waals surface area contributed by atoms with Crippen LogP contribution in [0.5, 0.6) is 0 Å². The van der Waals surface area contributed by atoms with Crippen LogP contribution in [0.2, 0.25) is 0 Å². The third-order valence-electron chi connectivity index (χ3n) is 4.29. The highest BCUT2D eigenvalue weighted by atomic mass is 79.9. The Morgan fingerprint density at radius 3 is 2.62 bits per heavy atom. The molecule has 26 heavy (non-hydrogen) atoms. The van der Waals surface area contributed by atoms with Crippen LogP contribution in [-0.4, -0.2) is 36.7 Å². The summed E-state index contributed by atoms with van der Waals surface area (Å²) in [6.07, 6.45) is 3.58. The lowest BCUT2D eigenvalue weighted by molar-refractivity contribution is -0.120. The van der Waals surface area contributed by atoms with Crippen molar-refractivity contribution in [3.05, 3.63) is 53.0 Å². The molecule has 3 rings (SSSR count). The Hall–Kier alpha value is -1.84.